The molecule has 2 aliphatic heterocycles. The standard InChI is InChI=1S/C18H35N3O2/c1-5-15-7-6-9-21(11-15)18(3,4)13-19-17(23)20-10-8-14(2)16(22)12-20/h14-16,22H,5-13H2,1-4H3,(H,19,23). The molecular weight excluding hydrogens is 290 g/mol. The topological polar surface area (TPSA) is 55.8 Å². The van der Waals surface area contributed by atoms with Gasteiger partial charge in [-0.05, 0) is 51.5 Å². The smallest absolute Gasteiger partial charge is 0.317 e. The minimum absolute atomic E-state index is 0.0226. The molecule has 0 bridgehead atoms. The molecule has 2 amide bonds. The van der Waals surface area contributed by atoms with Gasteiger partial charge in [0.1, 0.15) is 0 Å². The van der Waals surface area contributed by atoms with Crippen LogP contribution >= 0.6 is 0 Å². The van der Waals surface area contributed by atoms with E-state index in [-0.39, 0.29) is 17.5 Å². The lowest BCUT2D eigenvalue weighted by molar-refractivity contribution is 0.0399. The van der Waals surface area contributed by atoms with Crippen molar-refractivity contribution in [1.82, 2.24) is 15.1 Å². The van der Waals surface area contributed by atoms with Crippen LogP contribution in [0.1, 0.15) is 53.4 Å². The molecule has 2 aliphatic rings. The van der Waals surface area contributed by atoms with Crippen molar-refractivity contribution in [3.8, 4) is 0 Å². The van der Waals surface area contributed by atoms with E-state index in [2.05, 4.69) is 31.0 Å². The molecule has 5 nitrogen and oxygen atoms in total. The third-order valence-corrected chi connectivity index (χ3v) is 5.83. The Bertz CT molecular complexity index is 400. The maximum absolute atomic E-state index is 12.4. The highest BCUT2D eigenvalue weighted by atomic mass is 16.3. The van der Waals surface area contributed by atoms with Gasteiger partial charge >= 0.3 is 6.03 Å². The van der Waals surface area contributed by atoms with E-state index in [1.165, 1.54) is 19.3 Å². The van der Waals surface area contributed by atoms with E-state index in [0.29, 0.717) is 13.1 Å². The summed E-state index contributed by atoms with van der Waals surface area (Å²) in [5.41, 5.74) is -0.0226. The average Bonchev–Trinajstić information content (AvgIpc) is 2.55. The number of aliphatic hydroxyl groups excluding tert-OH is 1. The molecule has 0 saturated carbocycles. The van der Waals surface area contributed by atoms with E-state index in [0.717, 1.165) is 32.0 Å². The molecular formula is C18H35N3O2. The van der Waals surface area contributed by atoms with Gasteiger partial charge in [-0.3, -0.25) is 4.90 Å². The number of piperidine rings is 2. The van der Waals surface area contributed by atoms with Crippen molar-refractivity contribution in [2.24, 2.45) is 11.8 Å². The minimum atomic E-state index is -0.394. The van der Waals surface area contributed by atoms with Gasteiger partial charge in [0.2, 0.25) is 0 Å². The molecule has 23 heavy (non-hydrogen) atoms. The molecule has 2 rings (SSSR count). The number of carbonyl (C=O) groups excluding carboxylic acids is 1. The monoisotopic (exact) mass is 325 g/mol. The third kappa shape index (κ3) is 4.83. The van der Waals surface area contributed by atoms with E-state index < -0.39 is 6.10 Å². The Morgan fingerprint density at radius 1 is 1.26 bits per heavy atom. The van der Waals surface area contributed by atoms with Crippen LogP contribution in [-0.2, 0) is 0 Å². The highest BCUT2D eigenvalue weighted by molar-refractivity contribution is 5.74. The summed E-state index contributed by atoms with van der Waals surface area (Å²) in [6.07, 6.45) is 4.31. The molecule has 2 fully saturated rings. The lowest BCUT2D eigenvalue weighted by Gasteiger charge is -2.44. The molecule has 5 heteroatoms. The lowest BCUT2D eigenvalue weighted by Crippen LogP contribution is -2.57. The van der Waals surface area contributed by atoms with Crippen molar-refractivity contribution in [2.75, 3.05) is 32.7 Å². The summed E-state index contributed by atoms with van der Waals surface area (Å²) in [5, 5.41) is 13.0. The number of rotatable bonds is 4. The van der Waals surface area contributed by atoms with Gasteiger partial charge in [0, 0.05) is 31.7 Å². The van der Waals surface area contributed by atoms with Crippen LogP contribution in [0.25, 0.3) is 0 Å². The number of hydrogen-bond acceptors (Lipinski definition) is 3. The first-order valence-electron chi connectivity index (χ1n) is 9.29. The van der Waals surface area contributed by atoms with Gasteiger partial charge in [0.15, 0.2) is 0 Å². The zero-order chi connectivity index (χ0) is 17.0. The first-order valence-corrected chi connectivity index (χ1v) is 9.29. The number of amides is 2. The van der Waals surface area contributed by atoms with Crippen molar-refractivity contribution >= 4 is 6.03 Å². The van der Waals surface area contributed by atoms with Crippen LogP contribution in [0, 0.1) is 11.8 Å². The number of carbonyl (C=O) groups is 1. The fourth-order valence-electron chi connectivity index (χ4n) is 3.70. The fourth-order valence-corrected chi connectivity index (χ4v) is 3.70. The van der Waals surface area contributed by atoms with E-state index in [9.17, 15) is 9.90 Å². The van der Waals surface area contributed by atoms with Crippen LogP contribution in [0.4, 0.5) is 4.79 Å². The molecule has 3 unspecified atom stereocenters. The van der Waals surface area contributed by atoms with Gasteiger partial charge in [0.25, 0.3) is 0 Å². The Balaban J connectivity index is 1.82. The predicted molar refractivity (Wildman–Crippen MR) is 93.4 cm³/mol. The second kappa shape index (κ2) is 7.84. The molecule has 0 aromatic rings. The van der Waals surface area contributed by atoms with E-state index >= 15 is 0 Å². The molecule has 2 heterocycles. The van der Waals surface area contributed by atoms with Gasteiger partial charge in [-0.1, -0.05) is 20.3 Å². The molecule has 0 aromatic carbocycles. The van der Waals surface area contributed by atoms with Crippen LogP contribution in [-0.4, -0.2) is 65.3 Å². The van der Waals surface area contributed by atoms with Crippen LogP contribution < -0.4 is 5.32 Å². The summed E-state index contributed by atoms with van der Waals surface area (Å²) in [4.78, 5) is 16.7. The zero-order valence-corrected chi connectivity index (χ0v) is 15.3. The molecule has 134 valence electrons. The van der Waals surface area contributed by atoms with Gasteiger partial charge in [-0.25, -0.2) is 4.79 Å². The fraction of sp³-hybridized carbons (Fsp3) is 0.944. The van der Waals surface area contributed by atoms with Gasteiger partial charge in [0.05, 0.1) is 6.10 Å². The van der Waals surface area contributed by atoms with Crippen LogP contribution in [0.3, 0.4) is 0 Å². The molecule has 0 radical (unpaired) electrons. The maximum Gasteiger partial charge on any atom is 0.317 e. The molecule has 2 N–H and O–H groups in total. The van der Waals surface area contributed by atoms with E-state index in [1.54, 1.807) is 4.90 Å². The summed E-state index contributed by atoms with van der Waals surface area (Å²) in [5.74, 6) is 1.08. The van der Waals surface area contributed by atoms with Crippen molar-refractivity contribution in [3.05, 3.63) is 0 Å². The Morgan fingerprint density at radius 3 is 2.65 bits per heavy atom. The van der Waals surface area contributed by atoms with Crippen LogP contribution in [0.5, 0.6) is 0 Å². The number of β-amino-alcohol motifs (C(OH)–C–C–N with tert-alkyl or cyclic N) is 1. The highest BCUT2D eigenvalue weighted by Crippen LogP contribution is 2.25. The van der Waals surface area contributed by atoms with Gasteiger partial charge in [-0.2, -0.15) is 0 Å². The van der Waals surface area contributed by atoms with Crippen molar-refractivity contribution in [1.29, 1.82) is 0 Å². The average molecular weight is 325 g/mol. The van der Waals surface area contributed by atoms with Crippen molar-refractivity contribution in [2.45, 2.75) is 65.0 Å². The number of nitrogens with one attached hydrogen (secondary N) is 1. The Labute approximate surface area is 141 Å². The molecule has 2 saturated heterocycles. The summed E-state index contributed by atoms with van der Waals surface area (Å²) in [6.45, 7) is 12.9. The SMILES string of the molecule is CCC1CCCN(C(C)(C)CNC(=O)N2CCC(C)C(O)C2)C1. The quantitative estimate of drug-likeness (QED) is 0.834. The minimum Gasteiger partial charge on any atom is -0.391 e. The molecule has 0 aromatic heterocycles. The molecule has 0 aliphatic carbocycles. The van der Waals surface area contributed by atoms with E-state index in [4.69, 9.17) is 0 Å². The Hall–Kier alpha value is -0.810. The molecule has 0 spiro atoms. The van der Waals surface area contributed by atoms with Gasteiger partial charge in [-0.15, -0.1) is 0 Å². The van der Waals surface area contributed by atoms with Crippen molar-refractivity contribution < 1.29 is 9.90 Å². The summed E-state index contributed by atoms with van der Waals surface area (Å²) in [7, 11) is 0. The second-order valence-corrected chi connectivity index (χ2v) is 8.11. The second-order valence-electron chi connectivity index (χ2n) is 8.11. The van der Waals surface area contributed by atoms with Crippen LogP contribution in [0.2, 0.25) is 0 Å². The van der Waals surface area contributed by atoms with E-state index in [1.807, 2.05) is 6.92 Å². The number of aliphatic hydroxyl groups is 1. The summed E-state index contributed by atoms with van der Waals surface area (Å²) >= 11 is 0. The predicted octanol–water partition coefficient (Wildman–Crippen LogP) is 2.30. The van der Waals surface area contributed by atoms with Crippen molar-refractivity contribution in [3.63, 3.8) is 0 Å². The number of likely N-dealkylation sites (tertiary alicyclic amines) is 2. The highest BCUT2D eigenvalue weighted by Gasteiger charge is 2.32. The summed E-state index contributed by atoms with van der Waals surface area (Å²) in [6, 6.07) is -0.0342. The Kier molecular flexibility index (Phi) is 6.32. The maximum atomic E-state index is 12.4. The van der Waals surface area contributed by atoms with Crippen LogP contribution in [0.15, 0.2) is 0 Å². The number of hydrogen-bond donors (Lipinski definition) is 2. The first-order chi connectivity index (χ1) is 10.8. The normalized spacial score (nSPS) is 30.3. The summed E-state index contributed by atoms with van der Waals surface area (Å²) < 4.78 is 0. The van der Waals surface area contributed by atoms with Gasteiger partial charge < -0.3 is 15.3 Å². The lowest BCUT2D eigenvalue weighted by atomic mass is 9.91. The third-order valence-electron chi connectivity index (χ3n) is 5.83. The number of urea groups is 1. The molecule has 3 atom stereocenters. The Morgan fingerprint density at radius 2 is 2.00 bits per heavy atom. The largest absolute Gasteiger partial charge is 0.391 e. The zero-order valence-electron chi connectivity index (χ0n) is 15.3. The number of nitrogens with zero attached hydrogens (tertiary/aromatic N) is 2. The first kappa shape index (κ1) is 18.5.